The highest BCUT2D eigenvalue weighted by Crippen LogP contribution is 2.28. The summed E-state index contributed by atoms with van der Waals surface area (Å²) in [5.41, 5.74) is 1.53. The highest BCUT2D eigenvalue weighted by Gasteiger charge is 2.26. The Bertz CT molecular complexity index is 747. The summed E-state index contributed by atoms with van der Waals surface area (Å²) in [7, 11) is 0. The van der Waals surface area contributed by atoms with Crippen LogP contribution < -0.4 is 5.32 Å². The summed E-state index contributed by atoms with van der Waals surface area (Å²) in [6, 6.07) is 7.88. The quantitative estimate of drug-likeness (QED) is 0.841. The van der Waals surface area contributed by atoms with E-state index in [9.17, 15) is 4.79 Å². The Hall–Kier alpha value is -1.85. The van der Waals surface area contributed by atoms with Crippen LogP contribution in [-0.4, -0.2) is 41.5 Å². The maximum atomic E-state index is 12.5. The molecule has 5 nitrogen and oxygen atoms in total. The zero-order valence-electron chi connectivity index (χ0n) is 14.8. The number of carbonyl (C=O) groups is 1. The van der Waals surface area contributed by atoms with Gasteiger partial charge in [-0.3, -0.25) is 4.79 Å². The van der Waals surface area contributed by atoms with Crippen molar-refractivity contribution in [3.05, 3.63) is 41.2 Å². The first-order chi connectivity index (χ1) is 12.7. The second-order valence-electron chi connectivity index (χ2n) is 7.33. The van der Waals surface area contributed by atoms with Crippen molar-refractivity contribution in [3.8, 4) is 11.5 Å². The minimum absolute atomic E-state index is 0.126. The van der Waals surface area contributed by atoms with Crippen LogP contribution in [0.15, 0.2) is 34.9 Å². The molecule has 1 amide bonds. The number of likely N-dealkylation sites (tertiary alicyclic amines) is 1. The molecule has 26 heavy (non-hydrogen) atoms. The first-order valence-corrected chi connectivity index (χ1v) is 9.76. The van der Waals surface area contributed by atoms with Crippen LogP contribution in [0, 0.1) is 5.92 Å². The van der Waals surface area contributed by atoms with Crippen molar-refractivity contribution < 1.29 is 9.21 Å². The molecule has 0 bridgehead atoms. The van der Waals surface area contributed by atoms with Crippen molar-refractivity contribution in [1.29, 1.82) is 0 Å². The van der Waals surface area contributed by atoms with Gasteiger partial charge in [-0.1, -0.05) is 11.6 Å². The van der Waals surface area contributed by atoms with Crippen LogP contribution in [0.3, 0.4) is 0 Å². The highest BCUT2D eigenvalue weighted by atomic mass is 35.5. The van der Waals surface area contributed by atoms with Crippen LogP contribution in [0.2, 0.25) is 5.02 Å². The van der Waals surface area contributed by atoms with Gasteiger partial charge in [-0.05, 0) is 62.4 Å². The van der Waals surface area contributed by atoms with E-state index in [1.165, 1.54) is 12.8 Å². The monoisotopic (exact) mass is 373 g/mol. The molecule has 1 aromatic carbocycles. The first-order valence-electron chi connectivity index (χ1n) is 9.39. The molecular formula is C20H24ClN3O2. The van der Waals surface area contributed by atoms with Gasteiger partial charge in [-0.15, -0.1) is 0 Å². The minimum atomic E-state index is 0.126. The summed E-state index contributed by atoms with van der Waals surface area (Å²) in [6.45, 7) is 2.79. The van der Waals surface area contributed by atoms with E-state index in [-0.39, 0.29) is 12.3 Å². The Morgan fingerprint density at radius 1 is 1.19 bits per heavy atom. The van der Waals surface area contributed by atoms with E-state index >= 15 is 0 Å². The molecular weight excluding hydrogens is 350 g/mol. The molecule has 1 aliphatic carbocycles. The van der Waals surface area contributed by atoms with E-state index in [4.69, 9.17) is 16.0 Å². The second kappa shape index (κ2) is 7.80. The van der Waals surface area contributed by atoms with Crippen LogP contribution in [-0.2, 0) is 11.2 Å². The Kier molecular flexibility index (Phi) is 5.27. The lowest BCUT2D eigenvalue weighted by atomic mass is 10.0. The summed E-state index contributed by atoms with van der Waals surface area (Å²) in [4.78, 5) is 18.9. The number of nitrogens with zero attached hydrogens (tertiary/aromatic N) is 2. The third kappa shape index (κ3) is 4.46. The zero-order valence-corrected chi connectivity index (χ0v) is 15.5. The summed E-state index contributed by atoms with van der Waals surface area (Å²) < 4.78 is 5.52. The number of oxazole rings is 1. The molecule has 0 unspecified atom stereocenters. The van der Waals surface area contributed by atoms with Gasteiger partial charge in [0.1, 0.15) is 6.26 Å². The summed E-state index contributed by atoms with van der Waals surface area (Å²) in [6.07, 6.45) is 6.68. The molecule has 1 saturated carbocycles. The normalized spacial score (nSPS) is 18.3. The predicted octanol–water partition coefficient (Wildman–Crippen LogP) is 3.53. The van der Waals surface area contributed by atoms with E-state index in [0.29, 0.717) is 22.6 Å². The SMILES string of the molecule is O=C(Cc1coc(-c2ccc(Cl)cc2)n1)N1CCC(NCC2CC2)CC1. The van der Waals surface area contributed by atoms with Crippen LogP contribution in [0.25, 0.3) is 11.5 Å². The molecule has 2 aromatic rings. The fraction of sp³-hybridized carbons (Fsp3) is 0.500. The Balaban J connectivity index is 1.27. The predicted molar refractivity (Wildman–Crippen MR) is 101 cm³/mol. The molecule has 1 N–H and O–H groups in total. The van der Waals surface area contributed by atoms with Crippen molar-refractivity contribution >= 4 is 17.5 Å². The Labute approximate surface area is 158 Å². The molecule has 1 saturated heterocycles. The molecule has 2 heterocycles. The van der Waals surface area contributed by atoms with E-state index in [1.807, 2.05) is 17.0 Å². The van der Waals surface area contributed by atoms with Gasteiger partial charge in [0.15, 0.2) is 0 Å². The smallest absolute Gasteiger partial charge is 0.228 e. The number of amides is 1. The summed E-state index contributed by atoms with van der Waals surface area (Å²) in [5.74, 6) is 1.55. The van der Waals surface area contributed by atoms with Crippen LogP contribution in [0.4, 0.5) is 0 Å². The molecule has 0 radical (unpaired) electrons. The molecule has 2 aliphatic rings. The van der Waals surface area contributed by atoms with Crippen LogP contribution in [0.1, 0.15) is 31.4 Å². The van der Waals surface area contributed by atoms with Gasteiger partial charge in [0.2, 0.25) is 11.8 Å². The van der Waals surface area contributed by atoms with Crippen molar-refractivity contribution in [1.82, 2.24) is 15.2 Å². The number of carbonyl (C=O) groups excluding carboxylic acids is 1. The highest BCUT2D eigenvalue weighted by molar-refractivity contribution is 6.30. The van der Waals surface area contributed by atoms with Gasteiger partial charge in [-0.25, -0.2) is 4.98 Å². The van der Waals surface area contributed by atoms with Gasteiger partial charge in [0.25, 0.3) is 0 Å². The number of rotatable bonds is 6. The average molecular weight is 374 g/mol. The molecule has 1 aromatic heterocycles. The lowest BCUT2D eigenvalue weighted by Gasteiger charge is -2.32. The van der Waals surface area contributed by atoms with Crippen molar-refractivity contribution in [2.75, 3.05) is 19.6 Å². The van der Waals surface area contributed by atoms with Crippen molar-refractivity contribution in [2.24, 2.45) is 5.92 Å². The number of hydrogen-bond donors (Lipinski definition) is 1. The van der Waals surface area contributed by atoms with Crippen LogP contribution >= 0.6 is 11.6 Å². The van der Waals surface area contributed by atoms with E-state index in [1.54, 1.807) is 18.4 Å². The molecule has 6 heteroatoms. The lowest BCUT2D eigenvalue weighted by molar-refractivity contribution is -0.131. The van der Waals surface area contributed by atoms with E-state index in [2.05, 4.69) is 10.3 Å². The second-order valence-corrected chi connectivity index (χ2v) is 7.77. The lowest BCUT2D eigenvalue weighted by Crippen LogP contribution is -2.45. The number of hydrogen-bond acceptors (Lipinski definition) is 4. The van der Waals surface area contributed by atoms with Gasteiger partial charge in [0, 0.05) is 29.7 Å². The first kappa shape index (κ1) is 17.6. The standard InChI is InChI=1S/C20H24ClN3O2/c21-16-5-3-15(4-6-16)20-23-18(13-26-20)11-19(25)24-9-7-17(8-10-24)22-12-14-1-2-14/h3-6,13-14,17,22H,1-2,7-12H2. The molecule has 138 valence electrons. The molecule has 0 atom stereocenters. The summed E-state index contributed by atoms with van der Waals surface area (Å²) in [5, 5.41) is 4.32. The maximum absolute atomic E-state index is 12.5. The molecule has 1 aliphatic heterocycles. The van der Waals surface area contributed by atoms with Crippen molar-refractivity contribution in [3.63, 3.8) is 0 Å². The maximum Gasteiger partial charge on any atom is 0.228 e. The van der Waals surface area contributed by atoms with Crippen molar-refractivity contribution in [2.45, 2.75) is 38.1 Å². The number of benzene rings is 1. The molecule has 4 rings (SSSR count). The van der Waals surface area contributed by atoms with E-state index in [0.717, 1.165) is 44.0 Å². The average Bonchev–Trinajstić information content (AvgIpc) is 3.38. The largest absolute Gasteiger partial charge is 0.444 e. The third-order valence-electron chi connectivity index (χ3n) is 5.22. The number of halogens is 1. The topological polar surface area (TPSA) is 58.4 Å². The number of piperidine rings is 1. The van der Waals surface area contributed by atoms with Gasteiger partial charge >= 0.3 is 0 Å². The Morgan fingerprint density at radius 2 is 1.92 bits per heavy atom. The fourth-order valence-electron chi connectivity index (χ4n) is 3.37. The minimum Gasteiger partial charge on any atom is -0.444 e. The van der Waals surface area contributed by atoms with Gasteiger partial charge < -0.3 is 14.6 Å². The number of aromatic nitrogens is 1. The fourth-order valence-corrected chi connectivity index (χ4v) is 3.49. The van der Waals surface area contributed by atoms with Gasteiger partial charge in [-0.2, -0.15) is 0 Å². The molecule has 0 spiro atoms. The molecule has 2 fully saturated rings. The number of nitrogens with one attached hydrogen (secondary N) is 1. The van der Waals surface area contributed by atoms with Crippen LogP contribution in [0.5, 0.6) is 0 Å². The van der Waals surface area contributed by atoms with Gasteiger partial charge in [0.05, 0.1) is 12.1 Å². The van der Waals surface area contributed by atoms with E-state index < -0.39 is 0 Å². The third-order valence-corrected chi connectivity index (χ3v) is 5.47. The zero-order chi connectivity index (χ0) is 17.9. The Morgan fingerprint density at radius 3 is 2.62 bits per heavy atom. The summed E-state index contributed by atoms with van der Waals surface area (Å²) >= 11 is 5.90.